The van der Waals surface area contributed by atoms with E-state index in [9.17, 15) is 4.79 Å². The topological polar surface area (TPSA) is 50.4 Å². The highest BCUT2D eigenvalue weighted by Gasteiger charge is 2.14. The highest BCUT2D eigenvalue weighted by molar-refractivity contribution is 5.90. The lowest BCUT2D eigenvalue weighted by Crippen LogP contribution is -2.30. The number of nitrogens with one attached hydrogen (secondary N) is 2. The third-order valence-corrected chi connectivity index (χ3v) is 3.13. The molecule has 4 nitrogen and oxygen atoms in total. The van der Waals surface area contributed by atoms with Crippen molar-refractivity contribution in [1.82, 2.24) is 5.32 Å². The van der Waals surface area contributed by atoms with E-state index in [2.05, 4.69) is 10.6 Å². The predicted octanol–water partition coefficient (Wildman–Crippen LogP) is 2.02. The Morgan fingerprint density at radius 3 is 2.83 bits per heavy atom. The molecule has 0 saturated carbocycles. The normalized spacial score (nSPS) is 16.3. The van der Waals surface area contributed by atoms with Crippen molar-refractivity contribution in [3.05, 3.63) is 24.3 Å². The van der Waals surface area contributed by atoms with Gasteiger partial charge in [0.05, 0.1) is 12.3 Å². The lowest BCUT2D eigenvalue weighted by Gasteiger charge is -2.23. The fraction of sp³-hybridized carbons (Fsp3) is 0.500. The molecule has 0 radical (unpaired) electrons. The summed E-state index contributed by atoms with van der Waals surface area (Å²) in [5.74, 6) is 1.29. The third-order valence-electron chi connectivity index (χ3n) is 3.13. The smallest absolute Gasteiger partial charge is 0.221 e. The van der Waals surface area contributed by atoms with Crippen molar-refractivity contribution < 1.29 is 9.53 Å². The Morgan fingerprint density at radius 1 is 1.39 bits per heavy atom. The van der Waals surface area contributed by atoms with Gasteiger partial charge < -0.3 is 15.4 Å². The summed E-state index contributed by atoms with van der Waals surface area (Å²) >= 11 is 0. The number of anilines is 1. The zero-order chi connectivity index (χ0) is 12.8. The first-order valence-electron chi connectivity index (χ1n) is 6.46. The van der Waals surface area contributed by atoms with Crippen molar-refractivity contribution in [3.63, 3.8) is 0 Å². The highest BCUT2D eigenvalue weighted by Crippen LogP contribution is 2.25. The minimum Gasteiger partial charge on any atom is -0.491 e. The van der Waals surface area contributed by atoms with Gasteiger partial charge in [-0.05, 0) is 44.0 Å². The molecule has 1 fully saturated rings. The maximum absolute atomic E-state index is 11.1. The summed E-state index contributed by atoms with van der Waals surface area (Å²) in [5.41, 5.74) is 0.749. The van der Waals surface area contributed by atoms with Crippen LogP contribution in [0.25, 0.3) is 0 Å². The summed E-state index contributed by atoms with van der Waals surface area (Å²) < 4.78 is 5.84. The van der Waals surface area contributed by atoms with Crippen LogP contribution in [-0.2, 0) is 4.79 Å². The molecule has 1 aromatic carbocycles. The van der Waals surface area contributed by atoms with Crippen LogP contribution in [0.2, 0.25) is 0 Å². The second kappa shape index (κ2) is 6.40. The number of carbonyl (C=O) groups is 1. The molecule has 1 amide bonds. The summed E-state index contributed by atoms with van der Waals surface area (Å²) in [6.45, 7) is 4.37. The van der Waals surface area contributed by atoms with Crippen molar-refractivity contribution in [2.24, 2.45) is 5.92 Å². The summed E-state index contributed by atoms with van der Waals surface area (Å²) in [4.78, 5) is 11.1. The van der Waals surface area contributed by atoms with Crippen LogP contribution in [0.4, 0.5) is 5.69 Å². The van der Waals surface area contributed by atoms with Crippen LogP contribution in [0.5, 0.6) is 5.75 Å². The molecular weight excluding hydrogens is 228 g/mol. The molecule has 1 heterocycles. The second-order valence-electron chi connectivity index (χ2n) is 4.68. The molecule has 2 N–H and O–H groups in total. The average Bonchev–Trinajstić information content (AvgIpc) is 2.38. The van der Waals surface area contributed by atoms with E-state index in [1.807, 2.05) is 24.3 Å². The molecular formula is C14H20N2O2. The fourth-order valence-electron chi connectivity index (χ4n) is 2.14. The van der Waals surface area contributed by atoms with Gasteiger partial charge in [0.25, 0.3) is 0 Å². The standard InChI is InChI=1S/C14H20N2O2/c1-11(17)16-13-4-2-3-5-14(13)18-10-12-6-8-15-9-7-12/h2-5,12,15H,6-10H2,1H3,(H,16,17). The second-order valence-corrected chi connectivity index (χ2v) is 4.68. The minimum atomic E-state index is -0.0760. The molecule has 2 rings (SSSR count). The lowest BCUT2D eigenvalue weighted by molar-refractivity contribution is -0.114. The van der Waals surface area contributed by atoms with Crippen LogP contribution < -0.4 is 15.4 Å². The van der Waals surface area contributed by atoms with Crippen molar-refractivity contribution in [3.8, 4) is 5.75 Å². The van der Waals surface area contributed by atoms with Crippen molar-refractivity contribution in [2.75, 3.05) is 25.0 Å². The number of rotatable bonds is 4. The summed E-state index contributed by atoms with van der Waals surface area (Å²) in [5, 5.41) is 6.12. The maximum atomic E-state index is 11.1. The van der Waals surface area contributed by atoms with Crippen LogP contribution in [0.1, 0.15) is 19.8 Å². The summed E-state index contributed by atoms with van der Waals surface area (Å²) in [6.07, 6.45) is 2.31. The van der Waals surface area contributed by atoms with Crippen molar-refractivity contribution in [1.29, 1.82) is 0 Å². The molecule has 0 aromatic heterocycles. The maximum Gasteiger partial charge on any atom is 0.221 e. The molecule has 1 aromatic rings. The Hall–Kier alpha value is -1.55. The van der Waals surface area contributed by atoms with E-state index in [1.54, 1.807) is 0 Å². The van der Waals surface area contributed by atoms with E-state index < -0.39 is 0 Å². The van der Waals surface area contributed by atoms with Crippen LogP contribution in [0, 0.1) is 5.92 Å². The number of piperidine rings is 1. The molecule has 1 saturated heterocycles. The first-order chi connectivity index (χ1) is 8.75. The largest absolute Gasteiger partial charge is 0.491 e. The Morgan fingerprint density at radius 2 is 2.11 bits per heavy atom. The fourth-order valence-corrected chi connectivity index (χ4v) is 2.14. The molecule has 0 spiro atoms. The lowest BCUT2D eigenvalue weighted by atomic mass is 9.99. The number of hydrogen-bond acceptors (Lipinski definition) is 3. The Kier molecular flexibility index (Phi) is 4.59. The van der Waals surface area contributed by atoms with E-state index in [4.69, 9.17) is 4.74 Å². The molecule has 0 aliphatic carbocycles. The van der Waals surface area contributed by atoms with Gasteiger partial charge in [-0.25, -0.2) is 0 Å². The number of carbonyl (C=O) groups excluding carboxylic acids is 1. The minimum absolute atomic E-state index is 0.0760. The van der Waals surface area contributed by atoms with E-state index in [1.165, 1.54) is 6.92 Å². The number of hydrogen-bond donors (Lipinski definition) is 2. The number of benzene rings is 1. The molecule has 1 aliphatic heterocycles. The van der Waals surface area contributed by atoms with E-state index in [0.29, 0.717) is 5.92 Å². The first kappa shape index (κ1) is 12.9. The molecule has 0 bridgehead atoms. The van der Waals surface area contributed by atoms with Crippen LogP contribution in [0.3, 0.4) is 0 Å². The Balaban J connectivity index is 1.93. The SMILES string of the molecule is CC(=O)Nc1ccccc1OCC1CCNCC1. The number of ether oxygens (including phenoxy) is 1. The van der Waals surface area contributed by atoms with Gasteiger partial charge in [-0.15, -0.1) is 0 Å². The van der Waals surface area contributed by atoms with Gasteiger partial charge in [0.1, 0.15) is 5.75 Å². The van der Waals surface area contributed by atoms with Gasteiger partial charge in [0.15, 0.2) is 0 Å². The molecule has 4 heteroatoms. The number of para-hydroxylation sites is 2. The summed E-state index contributed by atoms with van der Waals surface area (Å²) in [6, 6.07) is 7.57. The van der Waals surface area contributed by atoms with E-state index in [-0.39, 0.29) is 5.91 Å². The van der Waals surface area contributed by atoms with Gasteiger partial charge in [-0.1, -0.05) is 12.1 Å². The van der Waals surface area contributed by atoms with Crippen molar-refractivity contribution in [2.45, 2.75) is 19.8 Å². The highest BCUT2D eigenvalue weighted by atomic mass is 16.5. The van der Waals surface area contributed by atoms with Crippen molar-refractivity contribution >= 4 is 11.6 Å². The van der Waals surface area contributed by atoms with Gasteiger partial charge in [0.2, 0.25) is 5.91 Å². The average molecular weight is 248 g/mol. The van der Waals surface area contributed by atoms with Gasteiger partial charge in [0, 0.05) is 6.92 Å². The van der Waals surface area contributed by atoms with Crippen LogP contribution in [-0.4, -0.2) is 25.6 Å². The van der Waals surface area contributed by atoms with Crippen LogP contribution >= 0.6 is 0 Å². The van der Waals surface area contributed by atoms with Gasteiger partial charge in [-0.3, -0.25) is 4.79 Å². The van der Waals surface area contributed by atoms with Crippen LogP contribution in [0.15, 0.2) is 24.3 Å². The number of amides is 1. The van der Waals surface area contributed by atoms with Gasteiger partial charge in [-0.2, -0.15) is 0 Å². The predicted molar refractivity (Wildman–Crippen MR) is 71.8 cm³/mol. The monoisotopic (exact) mass is 248 g/mol. The Labute approximate surface area is 108 Å². The third kappa shape index (κ3) is 3.74. The zero-order valence-corrected chi connectivity index (χ0v) is 10.7. The summed E-state index contributed by atoms with van der Waals surface area (Å²) in [7, 11) is 0. The first-order valence-corrected chi connectivity index (χ1v) is 6.46. The van der Waals surface area contributed by atoms with E-state index in [0.717, 1.165) is 44.0 Å². The molecule has 1 aliphatic rings. The quantitative estimate of drug-likeness (QED) is 0.857. The molecule has 18 heavy (non-hydrogen) atoms. The van der Waals surface area contributed by atoms with Gasteiger partial charge >= 0.3 is 0 Å². The zero-order valence-electron chi connectivity index (χ0n) is 10.7. The molecule has 0 atom stereocenters. The Bertz CT molecular complexity index is 401. The molecule has 98 valence electrons. The van der Waals surface area contributed by atoms with E-state index >= 15 is 0 Å². The molecule has 0 unspecified atom stereocenters.